The van der Waals surface area contributed by atoms with E-state index >= 15 is 0 Å². The van der Waals surface area contributed by atoms with Gasteiger partial charge in [0.1, 0.15) is 12.4 Å². The fourth-order valence-corrected chi connectivity index (χ4v) is 2.40. The smallest absolute Gasteiger partial charge is 0.244 e. The van der Waals surface area contributed by atoms with Crippen LogP contribution in [0.3, 0.4) is 0 Å². The molecule has 2 aromatic rings. The first-order chi connectivity index (χ1) is 10.8. The summed E-state index contributed by atoms with van der Waals surface area (Å²) in [6, 6.07) is 11.6. The van der Waals surface area contributed by atoms with Crippen molar-refractivity contribution in [3.8, 4) is 5.75 Å². The molecule has 22 heavy (non-hydrogen) atoms. The van der Waals surface area contributed by atoms with E-state index in [0.29, 0.717) is 19.8 Å². The maximum Gasteiger partial charge on any atom is 0.244 e. The van der Waals surface area contributed by atoms with Crippen molar-refractivity contribution in [2.24, 2.45) is 0 Å². The molecule has 0 saturated heterocycles. The molecule has 116 valence electrons. The summed E-state index contributed by atoms with van der Waals surface area (Å²) in [7, 11) is 1.64. The molecule has 0 atom stereocenters. The van der Waals surface area contributed by atoms with Crippen LogP contribution in [0.2, 0.25) is 0 Å². The molecule has 1 aromatic carbocycles. The van der Waals surface area contributed by atoms with Gasteiger partial charge in [-0.15, -0.1) is 11.3 Å². The summed E-state index contributed by atoms with van der Waals surface area (Å²) in [6.07, 6.45) is 3.36. The Bertz CT molecular complexity index is 608. The van der Waals surface area contributed by atoms with Crippen LogP contribution in [0.5, 0.6) is 5.75 Å². The first-order valence-electron chi connectivity index (χ1n) is 6.98. The first-order valence-corrected chi connectivity index (χ1v) is 7.86. The van der Waals surface area contributed by atoms with E-state index in [0.717, 1.165) is 16.2 Å². The molecule has 0 fully saturated rings. The Morgan fingerprint density at radius 1 is 1.27 bits per heavy atom. The van der Waals surface area contributed by atoms with Gasteiger partial charge < -0.3 is 14.8 Å². The molecule has 1 heterocycles. The summed E-state index contributed by atoms with van der Waals surface area (Å²) in [5, 5.41) is 4.83. The molecule has 2 rings (SSSR count). The zero-order chi connectivity index (χ0) is 15.6. The molecule has 1 amide bonds. The summed E-state index contributed by atoms with van der Waals surface area (Å²) in [5.74, 6) is 0.664. The van der Waals surface area contributed by atoms with E-state index in [1.54, 1.807) is 24.5 Å². The predicted molar refractivity (Wildman–Crippen MR) is 89.0 cm³/mol. The van der Waals surface area contributed by atoms with Gasteiger partial charge in [-0.05, 0) is 35.2 Å². The number of ether oxygens (including phenoxy) is 2. The van der Waals surface area contributed by atoms with Crippen molar-refractivity contribution in [1.29, 1.82) is 0 Å². The number of nitrogens with one attached hydrogen (secondary N) is 1. The van der Waals surface area contributed by atoms with Gasteiger partial charge in [0.05, 0.1) is 6.61 Å². The molecule has 5 heteroatoms. The minimum absolute atomic E-state index is 0.112. The van der Waals surface area contributed by atoms with Gasteiger partial charge in [-0.25, -0.2) is 0 Å². The topological polar surface area (TPSA) is 47.6 Å². The highest BCUT2D eigenvalue weighted by Gasteiger charge is 2.00. The zero-order valence-corrected chi connectivity index (χ0v) is 13.3. The van der Waals surface area contributed by atoms with Crippen molar-refractivity contribution in [2.75, 3.05) is 20.3 Å². The largest absolute Gasteiger partial charge is 0.491 e. The fourth-order valence-electron chi connectivity index (χ4n) is 1.78. The van der Waals surface area contributed by atoms with Gasteiger partial charge in [-0.2, -0.15) is 0 Å². The average molecular weight is 317 g/mol. The molecule has 0 unspecified atom stereocenters. The molecule has 0 spiro atoms. The molecule has 0 saturated carbocycles. The molecule has 0 aliphatic heterocycles. The third-order valence-electron chi connectivity index (χ3n) is 2.86. The maximum absolute atomic E-state index is 11.8. The van der Waals surface area contributed by atoms with Gasteiger partial charge in [0.25, 0.3) is 0 Å². The van der Waals surface area contributed by atoms with Crippen LogP contribution in [-0.2, 0) is 16.1 Å². The number of rotatable bonds is 8. The average Bonchev–Trinajstić information content (AvgIpc) is 3.05. The van der Waals surface area contributed by atoms with Crippen molar-refractivity contribution in [1.82, 2.24) is 5.32 Å². The number of hydrogen-bond acceptors (Lipinski definition) is 4. The highest BCUT2D eigenvalue weighted by molar-refractivity contribution is 7.10. The van der Waals surface area contributed by atoms with Crippen LogP contribution >= 0.6 is 11.3 Å². The Hall–Kier alpha value is -2.11. The summed E-state index contributed by atoms with van der Waals surface area (Å²) < 4.78 is 10.5. The Balaban J connectivity index is 1.80. The van der Waals surface area contributed by atoms with Crippen molar-refractivity contribution in [3.63, 3.8) is 0 Å². The number of amides is 1. The van der Waals surface area contributed by atoms with E-state index in [-0.39, 0.29) is 5.91 Å². The number of benzene rings is 1. The highest BCUT2D eigenvalue weighted by atomic mass is 32.1. The fraction of sp³-hybridized carbons (Fsp3) is 0.235. The van der Waals surface area contributed by atoms with E-state index < -0.39 is 0 Å². The quantitative estimate of drug-likeness (QED) is 0.601. The van der Waals surface area contributed by atoms with Crippen LogP contribution in [0.15, 0.2) is 47.9 Å². The first kappa shape index (κ1) is 16.3. The van der Waals surface area contributed by atoms with Crippen LogP contribution in [0.25, 0.3) is 6.08 Å². The Labute approximate surface area is 134 Å². The van der Waals surface area contributed by atoms with E-state index in [4.69, 9.17) is 9.47 Å². The Kier molecular flexibility index (Phi) is 6.67. The van der Waals surface area contributed by atoms with E-state index in [1.807, 2.05) is 47.9 Å². The monoisotopic (exact) mass is 317 g/mol. The van der Waals surface area contributed by atoms with Crippen LogP contribution in [0.4, 0.5) is 0 Å². The number of carbonyl (C=O) groups excluding carboxylic acids is 1. The summed E-state index contributed by atoms with van der Waals surface area (Å²) in [5.41, 5.74) is 0.993. The SMILES string of the molecule is COCCOc1cccc(CNC(=O)C=Cc2cccs2)c1. The molecule has 4 nitrogen and oxygen atoms in total. The highest BCUT2D eigenvalue weighted by Crippen LogP contribution is 2.13. The lowest BCUT2D eigenvalue weighted by Gasteiger charge is -2.08. The number of methoxy groups -OCH3 is 1. The molecular weight excluding hydrogens is 298 g/mol. The van der Waals surface area contributed by atoms with Crippen molar-refractivity contribution >= 4 is 23.3 Å². The summed E-state index contributed by atoms with van der Waals surface area (Å²) in [6.45, 7) is 1.53. The molecule has 0 aliphatic rings. The van der Waals surface area contributed by atoms with Gasteiger partial charge in [0, 0.05) is 24.6 Å². The second-order valence-corrected chi connectivity index (χ2v) is 5.53. The van der Waals surface area contributed by atoms with Crippen molar-refractivity contribution in [3.05, 3.63) is 58.3 Å². The summed E-state index contributed by atoms with van der Waals surface area (Å²) >= 11 is 1.60. The van der Waals surface area contributed by atoms with Gasteiger partial charge in [0.15, 0.2) is 0 Å². The molecule has 0 aliphatic carbocycles. The zero-order valence-electron chi connectivity index (χ0n) is 12.5. The van der Waals surface area contributed by atoms with Crippen LogP contribution < -0.4 is 10.1 Å². The van der Waals surface area contributed by atoms with E-state index in [2.05, 4.69) is 5.32 Å². The third-order valence-corrected chi connectivity index (χ3v) is 3.70. The van der Waals surface area contributed by atoms with E-state index in [9.17, 15) is 4.79 Å². The number of hydrogen-bond donors (Lipinski definition) is 1. The maximum atomic E-state index is 11.8. The predicted octanol–water partition coefficient (Wildman–Crippen LogP) is 3.10. The standard InChI is InChI=1S/C17H19NO3S/c1-20-9-10-21-15-5-2-4-14(12-15)13-18-17(19)8-7-16-6-3-11-22-16/h2-8,11-12H,9-10,13H2,1H3,(H,18,19). The number of thiophene rings is 1. The van der Waals surface area contributed by atoms with Gasteiger partial charge in [-0.1, -0.05) is 18.2 Å². The van der Waals surface area contributed by atoms with E-state index in [1.165, 1.54) is 0 Å². The Morgan fingerprint density at radius 3 is 2.95 bits per heavy atom. The lowest BCUT2D eigenvalue weighted by atomic mass is 10.2. The van der Waals surface area contributed by atoms with Crippen LogP contribution in [-0.4, -0.2) is 26.2 Å². The van der Waals surface area contributed by atoms with Crippen molar-refractivity contribution < 1.29 is 14.3 Å². The Morgan fingerprint density at radius 2 is 2.18 bits per heavy atom. The minimum atomic E-state index is -0.112. The molecular formula is C17H19NO3S. The lowest BCUT2D eigenvalue weighted by molar-refractivity contribution is -0.116. The molecule has 1 aromatic heterocycles. The minimum Gasteiger partial charge on any atom is -0.491 e. The van der Waals surface area contributed by atoms with Crippen LogP contribution in [0.1, 0.15) is 10.4 Å². The van der Waals surface area contributed by atoms with Gasteiger partial charge in [-0.3, -0.25) is 4.79 Å². The lowest BCUT2D eigenvalue weighted by Crippen LogP contribution is -2.20. The molecule has 0 radical (unpaired) electrons. The normalized spacial score (nSPS) is 10.8. The van der Waals surface area contributed by atoms with Gasteiger partial charge in [0.2, 0.25) is 5.91 Å². The summed E-state index contributed by atoms with van der Waals surface area (Å²) in [4.78, 5) is 12.8. The van der Waals surface area contributed by atoms with Gasteiger partial charge >= 0.3 is 0 Å². The third kappa shape index (κ3) is 5.71. The second-order valence-electron chi connectivity index (χ2n) is 4.56. The molecule has 0 bridgehead atoms. The second kappa shape index (κ2) is 9.02. The molecule has 1 N–H and O–H groups in total. The number of carbonyl (C=O) groups is 1. The van der Waals surface area contributed by atoms with Crippen LogP contribution in [0, 0.1) is 0 Å². The van der Waals surface area contributed by atoms with Crippen molar-refractivity contribution in [2.45, 2.75) is 6.54 Å².